The van der Waals surface area contributed by atoms with E-state index in [1.807, 2.05) is 6.07 Å². The first-order valence-electron chi connectivity index (χ1n) is 6.82. The first-order chi connectivity index (χ1) is 10.1. The molecule has 1 amide bonds. The second-order valence-electron chi connectivity index (χ2n) is 5.05. The van der Waals surface area contributed by atoms with Crippen molar-refractivity contribution in [2.24, 2.45) is 0 Å². The average Bonchev–Trinajstić information content (AvgIpc) is 2.94. The minimum atomic E-state index is -0.113. The number of anilines is 2. The van der Waals surface area contributed by atoms with E-state index in [1.54, 1.807) is 30.3 Å². The predicted molar refractivity (Wildman–Crippen MR) is 78.0 cm³/mol. The first-order valence-corrected chi connectivity index (χ1v) is 6.82. The Morgan fingerprint density at radius 1 is 1.33 bits per heavy atom. The lowest BCUT2D eigenvalue weighted by Crippen LogP contribution is -2.48. The molecule has 110 valence electrons. The molecule has 3 heterocycles. The van der Waals surface area contributed by atoms with Crippen molar-refractivity contribution in [3.8, 4) is 0 Å². The number of pyridine rings is 1. The Kier molecular flexibility index (Phi) is 3.47. The lowest BCUT2D eigenvalue weighted by atomic mass is 10.2. The molecular formula is C14H17N5O2. The van der Waals surface area contributed by atoms with E-state index in [0.29, 0.717) is 30.2 Å². The SMILES string of the molecule is Cc1cc(C(=O)N2CCN(c3ccncc3N)CC2)on1. The largest absolute Gasteiger partial charge is 0.396 e. The van der Waals surface area contributed by atoms with E-state index in [-0.39, 0.29) is 5.91 Å². The standard InChI is InChI=1S/C14H17N5O2/c1-10-8-13(21-17-10)14(20)19-6-4-18(5-7-19)12-2-3-16-9-11(12)15/h2-3,8-9H,4-7,15H2,1H3. The molecule has 0 spiro atoms. The van der Waals surface area contributed by atoms with Crippen LogP contribution in [0.15, 0.2) is 29.0 Å². The molecule has 1 fully saturated rings. The number of amides is 1. The van der Waals surface area contributed by atoms with E-state index in [2.05, 4.69) is 15.0 Å². The van der Waals surface area contributed by atoms with Gasteiger partial charge in [-0.25, -0.2) is 0 Å². The summed E-state index contributed by atoms with van der Waals surface area (Å²) >= 11 is 0. The molecule has 0 radical (unpaired) electrons. The number of piperazine rings is 1. The molecule has 0 unspecified atom stereocenters. The highest BCUT2D eigenvalue weighted by atomic mass is 16.5. The smallest absolute Gasteiger partial charge is 0.292 e. The number of nitrogens with zero attached hydrogens (tertiary/aromatic N) is 4. The summed E-state index contributed by atoms with van der Waals surface area (Å²) in [6, 6.07) is 3.56. The van der Waals surface area contributed by atoms with Gasteiger partial charge in [0.2, 0.25) is 5.76 Å². The number of aromatic nitrogens is 2. The Labute approximate surface area is 122 Å². The highest BCUT2D eigenvalue weighted by Crippen LogP contribution is 2.23. The van der Waals surface area contributed by atoms with Gasteiger partial charge >= 0.3 is 0 Å². The molecular weight excluding hydrogens is 270 g/mol. The number of hydrogen-bond acceptors (Lipinski definition) is 6. The van der Waals surface area contributed by atoms with E-state index in [9.17, 15) is 4.79 Å². The summed E-state index contributed by atoms with van der Waals surface area (Å²) in [6.45, 7) is 4.51. The van der Waals surface area contributed by atoms with E-state index < -0.39 is 0 Å². The van der Waals surface area contributed by atoms with Gasteiger partial charge in [-0.05, 0) is 13.0 Å². The fourth-order valence-electron chi connectivity index (χ4n) is 2.46. The van der Waals surface area contributed by atoms with Gasteiger partial charge in [0.05, 0.1) is 23.3 Å². The molecule has 21 heavy (non-hydrogen) atoms. The molecule has 1 saturated heterocycles. The van der Waals surface area contributed by atoms with Crippen LogP contribution < -0.4 is 10.6 Å². The highest BCUT2D eigenvalue weighted by Gasteiger charge is 2.25. The van der Waals surface area contributed by atoms with Crippen LogP contribution in [0.5, 0.6) is 0 Å². The molecule has 2 aromatic rings. The molecule has 0 atom stereocenters. The van der Waals surface area contributed by atoms with Crippen LogP contribution in [0.3, 0.4) is 0 Å². The monoisotopic (exact) mass is 287 g/mol. The van der Waals surface area contributed by atoms with Crippen LogP contribution in [0.2, 0.25) is 0 Å². The summed E-state index contributed by atoms with van der Waals surface area (Å²) in [5.41, 5.74) is 8.26. The molecule has 0 saturated carbocycles. The molecule has 0 bridgehead atoms. The van der Waals surface area contributed by atoms with Crippen LogP contribution in [0.25, 0.3) is 0 Å². The van der Waals surface area contributed by atoms with Crippen LogP contribution in [0.1, 0.15) is 16.2 Å². The fourth-order valence-corrected chi connectivity index (χ4v) is 2.46. The van der Waals surface area contributed by atoms with Crippen molar-refractivity contribution >= 4 is 17.3 Å². The molecule has 0 aromatic carbocycles. The molecule has 3 rings (SSSR count). The van der Waals surface area contributed by atoms with Crippen molar-refractivity contribution < 1.29 is 9.32 Å². The van der Waals surface area contributed by atoms with Gasteiger partial charge in [-0.1, -0.05) is 5.16 Å². The molecule has 2 N–H and O–H groups in total. The fraction of sp³-hybridized carbons (Fsp3) is 0.357. The summed E-state index contributed by atoms with van der Waals surface area (Å²) in [5, 5.41) is 3.75. The Morgan fingerprint density at radius 3 is 2.71 bits per heavy atom. The number of rotatable bonds is 2. The third-order valence-electron chi connectivity index (χ3n) is 3.57. The molecule has 7 heteroatoms. The van der Waals surface area contributed by atoms with Crippen molar-refractivity contribution in [3.63, 3.8) is 0 Å². The van der Waals surface area contributed by atoms with Gasteiger partial charge in [-0.3, -0.25) is 9.78 Å². The number of carbonyl (C=O) groups excluding carboxylic acids is 1. The Morgan fingerprint density at radius 2 is 2.10 bits per heavy atom. The highest BCUT2D eigenvalue weighted by molar-refractivity contribution is 5.91. The average molecular weight is 287 g/mol. The zero-order chi connectivity index (χ0) is 14.8. The van der Waals surface area contributed by atoms with Gasteiger partial charge in [0.15, 0.2) is 0 Å². The lowest BCUT2D eigenvalue weighted by molar-refractivity contribution is 0.0705. The lowest BCUT2D eigenvalue weighted by Gasteiger charge is -2.36. The third-order valence-corrected chi connectivity index (χ3v) is 3.57. The number of aryl methyl sites for hydroxylation is 1. The summed E-state index contributed by atoms with van der Waals surface area (Å²) in [6.07, 6.45) is 3.37. The van der Waals surface area contributed by atoms with Crippen molar-refractivity contribution in [1.29, 1.82) is 0 Å². The summed E-state index contributed by atoms with van der Waals surface area (Å²) < 4.78 is 5.03. The first kappa shape index (κ1) is 13.4. The third kappa shape index (κ3) is 2.67. The zero-order valence-electron chi connectivity index (χ0n) is 11.8. The van der Waals surface area contributed by atoms with E-state index in [0.717, 1.165) is 18.8 Å². The molecule has 2 aromatic heterocycles. The second kappa shape index (κ2) is 5.43. The Hall–Kier alpha value is -2.57. The quantitative estimate of drug-likeness (QED) is 0.883. The van der Waals surface area contributed by atoms with Gasteiger partial charge in [-0.15, -0.1) is 0 Å². The van der Waals surface area contributed by atoms with Crippen molar-refractivity contribution in [2.75, 3.05) is 36.8 Å². The van der Waals surface area contributed by atoms with Gasteiger partial charge in [0.1, 0.15) is 0 Å². The summed E-state index contributed by atoms with van der Waals surface area (Å²) in [7, 11) is 0. The van der Waals surface area contributed by atoms with Crippen LogP contribution in [-0.2, 0) is 0 Å². The molecule has 0 aliphatic carbocycles. The van der Waals surface area contributed by atoms with E-state index in [1.165, 1.54) is 0 Å². The Bertz CT molecular complexity index is 646. The maximum absolute atomic E-state index is 12.3. The topological polar surface area (TPSA) is 88.5 Å². The number of hydrogen-bond donors (Lipinski definition) is 1. The van der Waals surface area contributed by atoms with Crippen LogP contribution >= 0.6 is 0 Å². The Balaban J connectivity index is 1.65. The van der Waals surface area contributed by atoms with E-state index >= 15 is 0 Å². The van der Waals surface area contributed by atoms with Gasteiger partial charge in [-0.2, -0.15) is 0 Å². The van der Waals surface area contributed by atoms with E-state index in [4.69, 9.17) is 10.3 Å². The minimum Gasteiger partial charge on any atom is -0.396 e. The van der Waals surface area contributed by atoms with Crippen LogP contribution in [0, 0.1) is 6.92 Å². The van der Waals surface area contributed by atoms with Crippen LogP contribution in [-0.4, -0.2) is 47.1 Å². The minimum absolute atomic E-state index is 0.113. The predicted octanol–water partition coefficient (Wildman–Crippen LogP) is 0.923. The number of nitrogens with two attached hydrogens (primary N) is 1. The molecule has 1 aliphatic rings. The zero-order valence-corrected chi connectivity index (χ0v) is 11.8. The second-order valence-corrected chi connectivity index (χ2v) is 5.05. The number of carbonyl (C=O) groups is 1. The van der Waals surface area contributed by atoms with Crippen molar-refractivity contribution in [1.82, 2.24) is 15.0 Å². The van der Waals surface area contributed by atoms with Gasteiger partial charge in [0.25, 0.3) is 5.91 Å². The van der Waals surface area contributed by atoms with Crippen molar-refractivity contribution in [3.05, 3.63) is 36.0 Å². The maximum atomic E-state index is 12.3. The maximum Gasteiger partial charge on any atom is 0.292 e. The molecule has 7 nitrogen and oxygen atoms in total. The van der Waals surface area contributed by atoms with Gasteiger partial charge < -0.3 is 20.1 Å². The number of nitrogen functional groups attached to an aromatic ring is 1. The normalized spacial score (nSPS) is 15.3. The summed E-state index contributed by atoms with van der Waals surface area (Å²) in [5.74, 6) is 0.183. The van der Waals surface area contributed by atoms with Crippen LogP contribution in [0.4, 0.5) is 11.4 Å². The molecule has 1 aliphatic heterocycles. The summed E-state index contributed by atoms with van der Waals surface area (Å²) in [4.78, 5) is 20.2. The van der Waals surface area contributed by atoms with Crippen molar-refractivity contribution in [2.45, 2.75) is 6.92 Å². The van der Waals surface area contributed by atoms with Gasteiger partial charge in [0, 0.05) is 38.4 Å².